The van der Waals surface area contributed by atoms with Gasteiger partial charge in [0, 0.05) is 44.9 Å². The fourth-order valence-electron chi connectivity index (χ4n) is 6.57. The van der Waals surface area contributed by atoms with Gasteiger partial charge in [0.15, 0.2) is 9.84 Å². The fraction of sp³-hybridized carbons (Fsp3) is 0.552. The van der Waals surface area contributed by atoms with Crippen LogP contribution in [0.25, 0.3) is 0 Å². The Bertz CT molecular complexity index is 1390. The van der Waals surface area contributed by atoms with Gasteiger partial charge in [0.1, 0.15) is 0 Å². The van der Waals surface area contributed by atoms with Crippen molar-refractivity contribution in [2.45, 2.75) is 43.5 Å². The molecule has 0 unspecified atom stereocenters. The molecule has 3 aliphatic heterocycles. The molecule has 3 aliphatic rings. The largest absolute Gasteiger partial charge is 0.338 e. The average Bonchev–Trinajstić information content (AvgIpc) is 3.48. The third-order valence-electron chi connectivity index (χ3n) is 9.03. The molecule has 0 saturated carbocycles. The number of carbonyl (C=O) groups excluding carboxylic acids is 1. The van der Waals surface area contributed by atoms with Crippen molar-refractivity contribution in [2.24, 2.45) is 11.3 Å². The van der Waals surface area contributed by atoms with Crippen molar-refractivity contribution in [3.63, 3.8) is 0 Å². The molecule has 2 aromatic rings. The van der Waals surface area contributed by atoms with Crippen molar-refractivity contribution < 1.29 is 21.6 Å². The molecule has 2 aromatic carbocycles. The van der Waals surface area contributed by atoms with Gasteiger partial charge < -0.3 is 9.80 Å². The van der Waals surface area contributed by atoms with Gasteiger partial charge in [-0.1, -0.05) is 42.5 Å². The predicted octanol–water partition coefficient (Wildman–Crippen LogP) is 2.97. The van der Waals surface area contributed by atoms with Crippen molar-refractivity contribution in [1.29, 1.82) is 0 Å². The maximum absolute atomic E-state index is 13.5. The lowest BCUT2D eigenvalue weighted by atomic mass is 9.76. The minimum atomic E-state index is -3.25. The van der Waals surface area contributed by atoms with E-state index in [0.717, 1.165) is 51.0 Å². The normalized spacial score (nSPS) is 24.6. The van der Waals surface area contributed by atoms with E-state index >= 15 is 0 Å². The topological polar surface area (TPSA) is 95.1 Å². The highest BCUT2D eigenvalue weighted by atomic mass is 32.2. The Morgan fingerprint density at radius 3 is 2.13 bits per heavy atom. The summed E-state index contributed by atoms with van der Waals surface area (Å²) in [6.45, 7) is 6.49. The zero-order chi connectivity index (χ0) is 27.8. The quantitative estimate of drug-likeness (QED) is 0.482. The van der Waals surface area contributed by atoms with Gasteiger partial charge in [-0.3, -0.25) is 4.79 Å². The van der Waals surface area contributed by atoms with Crippen molar-refractivity contribution in [3.05, 3.63) is 65.7 Å². The summed E-state index contributed by atoms with van der Waals surface area (Å²) in [5, 5.41) is 0. The van der Waals surface area contributed by atoms with Crippen LogP contribution in [0.3, 0.4) is 0 Å². The maximum atomic E-state index is 13.5. The molecule has 1 amide bonds. The number of sulfonamides is 1. The lowest BCUT2D eigenvalue weighted by Crippen LogP contribution is -2.46. The van der Waals surface area contributed by atoms with E-state index in [-0.39, 0.29) is 33.8 Å². The molecular formula is C29H39N3O5S2. The summed E-state index contributed by atoms with van der Waals surface area (Å²) < 4.78 is 50.5. The Kier molecular flexibility index (Phi) is 7.94. The number of hydrogen-bond acceptors (Lipinski definition) is 6. The van der Waals surface area contributed by atoms with Gasteiger partial charge in [-0.15, -0.1) is 0 Å². The van der Waals surface area contributed by atoms with E-state index in [1.165, 1.54) is 11.8 Å². The zero-order valence-electron chi connectivity index (χ0n) is 22.8. The molecule has 3 heterocycles. The van der Waals surface area contributed by atoms with E-state index in [1.54, 1.807) is 35.5 Å². The van der Waals surface area contributed by atoms with Crippen LogP contribution in [-0.4, -0.2) is 88.1 Å². The van der Waals surface area contributed by atoms with E-state index in [4.69, 9.17) is 0 Å². The number of likely N-dealkylation sites (tertiary alicyclic amines) is 2. The summed E-state index contributed by atoms with van der Waals surface area (Å²) >= 11 is 0. The third kappa shape index (κ3) is 5.94. The molecule has 0 aromatic heterocycles. The smallest absolute Gasteiger partial charge is 0.229 e. The van der Waals surface area contributed by atoms with Crippen molar-refractivity contribution in [3.8, 4) is 0 Å². The van der Waals surface area contributed by atoms with Gasteiger partial charge in [-0.2, -0.15) is 0 Å². The molecule has 2 atom stereocenters. The number of amides is 1. The number of hydrogen-bond donors (Lipinski definition) is 0. The van der Waals surface area contributed by atoms with Crippen LogP contribution in [0.15, 0.2) is 59.5 Å². The molecule has 0 aliphatic carbocycles. The standard InChI is InChI=1S/C29H39N3O5S2/c1-3-39(36,37)32-21-25(27(22-32)24-7-5-4-6-8-24)20-30-16-13-29(14-17-30)15-18-31(28(29)33)19-23-9-11-26(12-10-23)38(2,34)35/h4-12,25,27H,3,13-22H2,1-2H3/t25-,27+/m0/s1. The second-order valence-corrected chi connectivity index (χ2v) is 15.7. The van der Waals surface area contributed by atoms with Gasteiger partial charge in [0.05, 0.1) is 16.1 Å². The number of nitrogens with zero attached hydrogens (tertiary/aromatic N) is 3. The number of carbonyl (C=O) groups is 1. The first-order valence-electron chi connectivity index (χ1n) is 13.8. The molecular weight excluding hydrogens is 534 g/mol. The van der Waals surface area contributed by atoms with Crippen LogP contribution >= 0.6 is 0 Å². The second kappa shape index (κ2) is 11.0. The second-order valence-electron chi connectivity index (χ2n) is 11.5. The Balaban J connectivity index is 1.21. The van der Waals surface area contributed by atoms with E-state index in [0.29, 0.717) is 19.6 Å². The van der Waals surface area contributed by atoms with Crippen LogP contribution < -0.4 is 0 Å². The summed E-state index contributed by atoms with van der Waals surface area (Å²) in [7, 11) is -6.49. The van der Waals surface area contributed by atoms with Crippen molar-refractivity contribution in [2.75, 3.05) is 51.3 Å². The van der Waals surface area contributed by atoms with Gasteiger partial charge in [-0.05, 0) is 68.5 Å². The van der Waals surface area contributed by atoms with E-state index < -0.39 is 19.9 Å². The first kappa shape index (κ1) is 28.3. The highest BCUT2D eigenvalue weighted by molar-refractivity contribution is 7.90. The molecule has 1 spiro atoms. The highest BCUT2D eigenvalue weighted by Crippen LogP contribution is 2.43. The monoisotopic (exact) mass is 573 g/mol. The molecule has 0 radical (unpaired) electrons. The lowest BCUT2D eigenvalue weighted by molar-refractivity contribution is -0.139. The molecule has 0 bridgehead atoms. The summed E-state index contributed by atoms with van der Waals surface area (Å²) in [4.78, 5) is 18.2. The van der Waals surface area contributed by atoms with E-state index in [9.17, 15) is 21.6 Å². The first-order chi connectivity index (χ1) is 18.5. The summed E-state index contributed by atoms with van der Waals surface area (Å²) in [5.74, 6) is 0.709. The molecule has 39 heavy (non-hydrogen) atoms. The van der Waals surface area contributed by atoms with E-state index in [2.05, 4.69) is 17.0 Å². The summed E-state index contributed by atoms with van der Waals surface area (Å²) in [6, 6.07) is 17.0. The molecule has 212 valence electrons. The van der Waals surface area contributed by atoms with Crippen LogP contribution in [0.2, 0.25) is 0 Å². The molecule has 0 N–H and O–H groups in total. The predicted molar refractivity (Wildman–Crippen MR) is 151 cm³/mol. The van der Waals surface area contributed by atoms with Crippen LogP contribution in [0.5, 0.6) is 0 Å². The molecule has 3 fully saturated rings. The molecule has 5 rings (SSSR count). The number of sulfone groups is 1. The lowest BCUT2D eigenvalue weighted by Gasteiger charge is -2.39. The Morgan fingerprint density at radius 1 is 0.872 bits per heavy atom. The SMILES string of the molecule is CCS(=O)(=O)N1C[C@H](CN2CCC3(CC2)CCN(Cc2ccc(S(C)(=O)=O)cc2)C3=O)[C@@H](c2ccccc2)C1. The third-order valence-corrected chi connectivity index (χ3v) is 12.0. The zero-order valence-corrected chi connectivity index (χ0v) is 24.5. The number of benzene rings is 2. The average molecular weight is 574 g/mol. The summed E-state index contributed by atoms with van der Waals surface area (Å²) in [5.41, 5.74) is 1.80. The molecule has 10 heteroatoms. The van der Waals surface area contributed by atoms with Gasteiger partial charge in [-0.25, -0.2) is 21.1 Å². The summed E-state index contributed by atoms with van der Waals surface area (Å²) in [6.07, 6.45) is 3.67. The van der Waals surface area contributed by atoms with Crippen molar-refractivity contribution >= 4 is 25.8 Å². The van der Waals surface area contributed by atoms with Gasteiger partial charge >= 0.3 is 0 Å². The van der Waals surface area contributed by atoms with E-state index in [1.807, 2.05) is 23.1 Å². The fourth-order valence-corrected chi connectivity index (χ4v) is 8.37. The number of rotatable bonds is 8. The number of piperidine rings is 1. The van der Waals surface area contributed by atoms with Crippen molar-refractivity contribution in [1.82, 2.24) is 14.1 Å². The maximum Gasteiger partial charge on any atom is 0.229 e. The van der Waals surface area contributed by atoms with Gasteiger partial charge in [0.2, 0.25) is 15.9 Å². The van der Waals surface area contributed by atoms with Crippen LogP contribution in [0, 0.1) is 11.3 Å². The molecule has 8 nitrogen and oxygen atoms in total. The minimum absolute atomic E-state index is 0.119. The van der Waals surface area contributed by atoms with Crippen LogP contribution in [0.1, 0.15) is 43.2 Å². The molecule has 3 saturated heterocycles. The van der Waals surface area contributed by atoms with Gasteiger partial charge in [0.25, 0.3) is 0 Å². The van der Waals surface area contributed by atoms with Crippen LogP contribution in [-0.2, 0) is 31.2 Å². The minimum Gasteiger partial charge on any atom is -0.338 e. The Morgan fingerprint density at radius 2 is 1.51 bits per heavy atom. The Labute approximate surface area is 233 Å². The Hall–Kier alpha value is -2.27. The first-order valence-corrected chi connectivity index (χ1v) is 17.3. The van der Waals surface area contributed by atoms with Crippen LogP contribution in [0.4, 0.5) is 0 Å². The highest BCUT2D eigenvalue weighted by Gasteiger charge is 2.48.